The zero-order valence-electron chi connectivity index (χ0n) is 10.7. The number of rotatable bonds is 3. The molecule has 0 aliphatic rings. The Hall–Kier alpha value is -2.61. The van der Waals surface area contributed by atoms with Crippen LogP contribution in [-0.2, 0) is 0 Å². The number of methoxy groups -OCH3 is 1. The third kappa shape index (κ3) is 2.63. The molecule has 1 N–H and O–H groups in total. The Morgan fingerprint density at radius 3 is 2.95 bits per heavy atom. The molecule has 0 aliphatic carbocycles. The summed E-state index contributed by atoms with van der Waals surface area (Å²) in [7, 11) is 1.59. The maximum atomic E-state index is 11.9. The Labute approximate surface area is 110 Å². The minimum Gasteiger partial charge on any atom is -0.497 e. The highest BCUT2D eigenvalue weighted by atomic mass is 16.5. The number of ether oxygens (including phenoxy) is 1. The van der Waals surface area contributed by atoms with Gasteiger partial charge in [-0.25, -0.2) is 0 Å². The second kappa shape index (κ2) is 5.36. The average molecular weight is 255 g/mol. The largest absolute Gasteiger partial charge is 0.497 e. The molecule has 5 nitrogen and oxygen atoms in total. The van der Waals surface area contributed by atoms with Gasteiger partial charge in [-0.1, -0.05) is 0 Å². The molecule has 0 spiro atoms. The van der Waals surface area contributed by atoms with Crippen molar-refractivity contribution in [2.75, 3.05) is 13.7 Å². The van der Waals surface area contributed by atoms with Gasteiger partial charge < -0.3 is 10.1 Å². The normalized spacial score (nSPS) is 9.95. The van der Waals surface area contributed by atoms with Gasteiger partial charge in [0.2, 0.25) is 0 Å². The van der Waals surface area contributed by atoms with Crippen LogP contribution >= 0.6 is 0 Å². The minimum absolute atomic E-state index is 0.0150. The van der Waals surface area contributed by atoms with Crippen molar-refractivity contribution < 1.29 is 9.53 Å². The molecule has 0 saturated carbocycles. The summed E-state index contributed by atoms with van der Waals surface area (Å²) < 4.78 is 5.14. The molecular formula is C14H13N3O2. The lowest BCUT2D eigenvalue weighted by molar-refractivity contribution is 0.0957. The summed E-state index contributed by atoms with van der Waals surface area (Å²) >= 11 is 0. The first-order chi connectivity index (χ1) is 9.15. The lowest BCUT2D eigenvalue weighted by Crippen LogP contribution is -2.24. The van der Waals surface area contributed by atoms with E-state index in [1.807, 2.05) is 24.3 Å². The van der Waals surface area contributed by atoms with Crippen molar-refractivity contribution in [2.24, 2.45) is 0 Å². The van der Waals surface area contributed by atoms with E-state index < -0.39 is 0 Å². The number of aryl methyl sites for hydroxylation is 1. The SMILES string of the molecule is COc1ccc2cc(C(=O)NCC#N)c(C)nc2c1. The quantitative estimate of drug-likeness (QED) is 0.849. The molecule has 1 aromatic carbocycles. The molecule has 1 heterocycles. The summed E-state index contributed by atoms with van der Waals surface area (Å²) in [4.78, 5) is 16.3. The molecule has 0 fully saturated rings. The first-order valence-electron chi connectivity index (χ1n) is 5.76. The van der Waals surface area contributed by atoms with Crippen molar-refractivity contribution in [3.05, 3.63) is 35.5 Å². The van der Waals surface area contributed by atoms with Gasteiger partial charge in [-0.15, -0.1) is 0 Å². The molecule has 0 bridgehead atoms. The average Bonchev–Trinajstić information content (AvgIpc) is 2.43. The number of fused-ring (bicyclic) bond motifs is 1. The van der Waals surface area contributed by atoms with Crippen molar-refractivity contribution in [2.45, 2.75) is 6.92 Å². The predicted molar refractivity (Wildman–Crippen MR) is 71.0 cm³/mol. The molecule has 0 radical (unpaired) electrons. The number of pyridine rings is 1. The molecule has 19 heavy (non-hydrogen) atoms. The smallest absolute Gasteiger partial charge is 0.253 e. The summed E-state index contributed by atoms with van der Waals surface area (Å²) in [5, 5.41) is 11.8. The van der Waals surface area contributed by atoms with Crippen molar-refractivity contribution >= 4 is 16.8 Å². The van der Waals surface area contributed by atoms with Crippen molar-refractivity contribution in [3.63, 3.8) is 0 Å². The summed E-state index contributed by atoms with van der Waals surface area (Å²) in [5.74, 6) is 0.436. The number of aromatic nitrogens is 1. The number of nitrogens with one attached hydrogen (secondary N) is 1. The number of nitrogens with zero attached hydrogens (tertiary/aromatic N) is 2. The minimum atomic E-state index is -0.288. The fourth-order valence-electron chi connectivity index (χ4n) is 1.82. The van der Waals surface area contributed by atoms with Crippen molar-refractivity contribution in [3.8, 4) is 11.8 Å². The lowest BCUT2D eigenvalue weighted by atomic mass is 10.1. The van der Waals surface area contributed by atoms with Gasteiger partial charge in [-0.3, -0.25) is 9.78 Å². The summed E-state index contributed by atoms with van der Waals surface area (Å²) in [6, 6.07) is 9.12. The first kappa shape index (κ1) is 12.8. The van der Waals surface area contributed by atoms with Gasteiger partial charge in [0, 0.05) is 11.5 Å². The van der Waals surface area contributed by atoms with Crippen molar-refractivity contribution in [1.29, 1.82) is 5.26 Å². The van der Waals surface area contributed by atoms with E-state index in [0.29, 0.717) is 11.3 Å². The highest BCUT2D eigenvalue weighted by Crippen LogP contribution is 2.21. The fraction of sp³-hybridized carbons (Fsp3) is 0.214. The maximum absolute atomic E-state index is 11.9. The number of carbonyl (C=O) groups is 1. The molecule has 2 aromatic rings. The summed E-state index contributed by atoms with van der Waals surface area (Å²) in [5.41, 5.74) is 1.87. The van der Waals surface area contributed by atoms with E-state index in [9.17, 15) is 4.79 Å². The van der Waals surface area contributed by atoms with E-state index in [1.54, 1.807) is 20.1 Å². The van der Waals surface area contributed by atoms with E-state index in [-0.39, 0.29) is 12.5 Å². The van der Waals surface area contributed by atoms with Crippen molar-refractivity contribution in [1.82, 2.24) is 10.3 Å². The van der Waals surface area contributed by atoms with Gasteiger partial charge in [0.05, 0.1) is 30.0 Å². The van der Waals surface area contributed by atoms with E-state index >= 15 is 0 Å². The number of hydrogen-bond acceptors (Lipinski definition) is 4. The Kier molecular flexibility index (Phi) is 3.62. The second-order valence-electron chi connectivity index (χ2n) is 4.02. The molecule has 1 amide bonds. The topological polar surface area (TPSA) is 75.0 Å². The van der Waals surface area contributed by atoms with Gasteiger partial charge in [0.25, 0.3) is 5.91 Å². The van der Waals surface area contributed by atoms with E-state index in [2.05, 4.69) is 10.3 Å². The Bertz CT molecular complexity index is 674. The number of hydrogen-bond donors (Lipinski definition) is 1. The monoisotopic (exact) mass is 255 g/mol. The number of benzene rings is 1. The molecule has 0 saturated heterocycles. The van der Waals surface area contributed by atoms with Gasteiger partial charge in [0.1, 0.15) is 12.3 Å². The lowest BCUT2D eigenvalue weighted by Gasteiger charge is -2.08. The third-order valence-corrected chi connectivity index (χ3v) is 2.79. The highest BCUT2D eigenvalue weighted by molar-refractivity contribution is 5.98. The van der Waals surface area contributed by atoms with Crippen LogP contribution in [0, 0.1) is 18.3 Å². The number of amides is 1. The van der Waals surface area contributed by atoms with Gasteiger partial charge in [-0.2, -0.15) is 5.26 Å². The van der Waals surface area contributed by atoms with Crippen LogP contribution in [0.25, 0.3) is 10.9 Å². The molecule has 0 aliphatic heterocycles. The molecular weight excluding hydrogens is 242 g/mol. The van der Waals surface area contributed by atoms with Gasteiger partial charge in [-0.05, 0) is 25.1 Å². The summed E-state index contributed by atoms with van der Waals surface area (Å²) in [6.45, 7) is 1.75. The Morgan fingerprint density at radius 2 is 2.26 bits per heavy atom. The molecule has 0 unspecified atom stereocenters. The molecule has 0 atom stereocenters. The second-order valence-corrected chi connectivity index (χ2v) is 4.02. The molecule has 2 rings (SSSR count). The molecule has 5 heteroatoms. The number of carbonyl (C=O) groups excluding carboxylic acids is 1. The molecule has 96 valence electrons. The van der Waals surface area contributed by atoms with E-state index in [0.717, 1.165) is 16.7 Å². The van der Waals surface area contributed by atoms with Crippen LogP contribution in [0.5, 0.6) is 5.75 Å². The molecule has 1 aromatic heterocycles. The van der Waals surface area contributed by atoms with Crippen LogP contribution in [0.1, 0.15) is 16.1 Å². The van der Waals surface area contributed by atoms with Crippen LogP contribution in [0.4, 0.5) is 0 Å². The van der Waals surface area contributed by atoms with E-state index in [4.69, 9.17) is 10.00 Å². The van der Waals surface area contributed by atoms with E-state index in [1.165, 1.54) is 0 Å². The Morgan fingerprint density at radius 1 is 1.47 bits per heavy atom. The van der Waals surface area contributed by atoms with Crippen LogP contribution < -0.4 is 10.1 Å². The number of nitriles is 1. The third-order valence-electron chi connectivity index (χ3n) is 2.79. The standard InChI is InChI=1S/C14H13N3O2/c1-9-12(14(18)16-6-5-15)7-10-3-4-11(19-2)8-13(10)17-9/h3-4,7-8H,6H2,1-2H3,(H,16,18). The van der Waals surface area contributed by atoms with Crippen LogP contribution in [0.15, 0.2) is 24.3 Å². The zero-order valence-corrected chi connectivity index (χ0v) is 10.7. The first-order valence-corrected chi connectivity index (χ1v) is 5.76. The zero-order chi connectivity index (χ0) is 13.8. The highest BCUT2D eigenvalue weighted by Gasteiger charge is 2.11. The van der Waals surface area contributed by atoms with Crippen LogP contribution in [0.3, 0.4) is 0 Å². The fourth-order valence-corrected chi connectivity index (χ4v) is 1.82. The Balaban J connectivity index is 2.45. The summed E-state index contributed by atoms with van der Waals surface area (Å²) in [6.07, 6.45) is 0. The predicted octanol–water partition coefficient (Wildman–Crippen LogP) is 1.81. The van der Waals surface area contributed by atoms with Gasteiger partial charge >= 0.3 is 0 Å². The van der Waals surface area contributed by atoms with Crippen LogP contribution in [0.2, 0.25) is 0 Å². The maximum Gasteiger partial charge on any atom is 0.253 e. The van der Waals surface area contributed by atoms with Gasteiger partial charge in [0.15, 0.2) is 0 Å². The van der Waals surface area contributed by atoms with Crippen LogP contribution in [-0.4, -0.2) is 24.5 Å².